The Morgan fingerprint density at radius 2 is 2.00 bits per heavy atom. The largest absolute Gasteiger partial charge is 0.393 e. The molecule has 0 saturated heterocycles. The smallest absolute Gasteiger partial charge is 0.368 e. The van der Waals surface area contributed by atoms with E-state index in [0.717, 1.165) is 5.56 Å². The number of aromatic nitrogens is 4. The van der Waals surface area contributed by atoms with E-state index >= 15 is 0 Å². The molecule has 0 aliphatic heterocycles. The van der Waals surface area contributed by atoms with Gasteiger partial charge >= 0.3 is 6.18 Å². The molecule has 0 radical (unpaired) electrons. The Bertz CT molecular complexity index is 838. The molecular weight excluding hydrogens is 295 g/mol. The van der Waals surface area contributed by atoms with Crippen molar-refractivity contribution in [3.05, 3.63) is 41.9 Å². The highest BCUT2D eigenvalue weighted by molar-refractivity contribution is 5.79. The maximum atomic E-state index is 12.8. The lowest BCUT2D eigenvalue weighted by atomic mass is 9.98. The van der Waals surface area contributed by atoms with E-state index in [1.54, 1.807) is 19.1 Å². The van der Waals surface area contributed by atoms with Crippen LogP contribution in [-0.4, -0.2) is 25.8 Å². The average Bonchev–Trinajstić information content (AvgIpc) is 2.89. The van der Waals surface area contributed by atoms with Gasteiger partial charge in [0.2, 0.25) is 5.95 Å². The molecule has 0 aliphatic carbocycles. The second-order valence-electron chi connectivity index (χ2n) is 5.01. The number of aryl methyl sites for hydroxylation is 1. The van der Waals surface area contributed by atoms with E-state index in [1.807, 2.05) is 0 Å². The summed E-state index contributed by atoms with van der Waals surface area (Å²) in [5, 5.41) is 7.75. The van der Waals surface area contributed by atoms with Gasteiger partial charge in [-0.05, 0) is 12.5 Å². The Morgan fingerprint density at radius 3 is 2.73 bits per heavy atom. The summed E-state index contributed by atoms with van der Waals surface area (Å²) in [4.78, 5) is 3.95. The lowest BCUT2D eigenvalue weighted by molar-refractivity contribution is -0.127. The molecule has 5 nitrogen and oxygen atoms in total. The second-order valence-corrected chi connectivity index (χ2v) is 5.01. The predicted octanol–water partition coefficient (Wildman–Crippen LogP) is 2.79. The standard InChI is InChI=1S/C14H12F3N5/c1-8-2-3-10(9(4-8)5-14(15,16)17)12-11-6-19-7-22(11)13(18)21-20-12/h2-4,6-7H,5H2,1H3,(H2,18,21). The minimum Gasteiger partial charge on any atom is -0.368 e. The molecule has 114 valence electrons. The Morgan fingerprint density at radius 1 is 1.23 bits per heavy atom. The third-order valence-electron chi connectivity index (χ3n) is 3.29. The van der Waals surface area contributed by atoms with Gasteiger partial charge < -0.3 is 5.73 Å². The molecule has 2 heterocycles. The van der Waals surface area contributed by atoms with Crippen LogP contribution in [0.1, 0.15) is 11.1 Å². The summed E-state index contributed by atoms with van der Waals surface area (Å²) in [6, 6.07) is 4.86. The fourth-order valence-electron chi connectivity index (χ4n) is 2.36. The number of anilines is 1. The lowest BCUT2D eigenvalue weighted by Gasteiger charge is -2.13. The van der Waals surface area contributed by atoms with Crippen molar-refractivity contribution < 1.29 is 13.2 Å². The second kappa shape index (κ2) is 4.97. The van der Waals surface area contributed by atoms with Gasteiger partial charge in [0.1, 0.15) is 12.0 Å². The molecule has 0 aliphatic rings. The van der Waals surface area contributed by atoms with Crippen LogP contribution in [0.4, 0.5) is 19.1 Å². The molecular formula is C14H12F3N5. The molecule has 8 heteroatoms. The van der Waals surface area contributed by atoms with Crippen molar-refractivity contribution in [2.75, 3.05) is 5.73 Å². The van der Waals surface area contributed by atoms with E-state index < -0.39 is 12.6 Å². The number of nitrogens with zero attached hydrogens (tertiary/aromatic N) is 4. The van der Waals surface area contributed by atoms with Crippen LogP contribution in [0, 0.1) is 6.92 Å². The molecule has 2 aromatic heterocycles. The highest BCUT2D eigenvalue weighted by atomic mass is 19.4. The van der Waals surface area contributed by atoms with Crippen molar-refractivity contribution in [1.82, 2.24) is 19.6 Å². The summed E-state index contributed by atoms with van der Waals surface area (Å²) in [5.74, 6) is 0.126. The maximum Gasteiger partial charge on any atom is 0.393 e. The van der Waals surface area contributed by atoms with Gasteiger partial charge in [-0.15, -0.1) is 10.2 Å². The van der Waals surface area contributed by atoms with E-state index in [-0.39, 0.29) is 11.5 Å². The van der Waals surface area contributed by atoms with Crippen molar-refractivity contribution in [2.24, 2.45) is 0 Å². The molecule has 3 aromatic rings. The molecule has 0 saturated carbocycles. The number of nitrogen functional groups attached to an aromatic ring is 1. The Kier molecular flexibility index (Phi) is 3.23. The minimum atomic E-state index is -4.31. The Balaban J connectivity index is 2.22. The van der Waals surface area contributed by atoms with Crippen molar-refractivity contribution >= 4 is 11.5 Å². The highest BCUT2D eigenvalue weighted by Gasteiger charge is 2.29. The molecule has 0 unspecified atom stereocenters. The fourth-order valence-corrected chi connectivity index (χ4v) is 2.36. The van der Waals surface area contributed by atoms with Crippen LogP contribution in [0.5, 0.6) is 0 Å². The molecule has 0 fully saturated rings. The van der Waals surface area contributed by atoms with Crippen molar-refractivity contribution in [3.63, 3.8) is 0 Å². The molecule has 0 spiro atoms. The van der Waals surface area contributed by atoms with E-state index in [0.29, 0.717) is 16.8 Å². The molecule has 0 amide bonds. The number of fused-ring (bicyclic) bond motifs is 1. The van der Waals surface area contributed by atoms with Gasteiger partial charge in [0.05, 0.1) is 18.1 Å². The van der Waals surface area contributed by atoms with Crippen LogP contribution in [0.15, 0.2) is 30.7 Å². The highest BCUT2D eigenvalue weighted by Crippen LogP contribution is 2.31. The number of rotatable bonds is 2. The van der Waals surface area contributed by atoms with Crippen molar-refractivity contribution in [1.29, 1.82) is 0 Å². The van der Waals surface area contributed by atoms with Gasteiger partial charge in [-0.3, -0.25) is 4.40 Å². The van der Waals surface area contributed by atoms with Gasteiger partial charge in [0.25, 0.3) is 0 Å². The number of nitrogens with two attached hydrogens (primary N) is 1. The third kappa shape index (κ3) is 2.59. The van der Waals surface area contributed by atoms with E-state index in [1.165, 1.54) is 23.0 Å². The summed E-state index contributed by atoms with van der Waals surface area (Å²) in [7, 11) is 0. The summed E-state index contributed by atoms with van der Waals surface area (Å²) in [6.45, 7) is 1.74. The lowest BCUT2D eigenvalue weighted by Crippen LogP contribution is -2.13. The van der Waals surface area contributed by atoms with Crippen LogP contribution in [0.25, 0.3) is 16.8 Å². The first-order chi connectivity index (χ1) is 10.3. The van der Waals surface area contributed by atoms with Crippen LogP contribution < -0.4 is 5.73 Å². The van der Waals surface area contributed by atoms with Gasteiger partial charge in [0.15, 0.2) is 0 Å². The number of alkyl halides is 3. The molecule has 2 N–H and O–H groups in total. The summed E-state index contributed by atoms with van der Waals surface area (Å²) >= 11 is 0. The maximum absolute atomic E-state index is 12.8. The quantitative estimate of drug-likeness (QED) is 0.790. The number of halogens is 3. The SMILES string of the molecule is Cc1ccc(-c2nnc(N)n3cncc23)c(CC(F)(F)F)c1. The molecule has 1 aromatic carbocycles. The molecule has 3 rings (SSSR count). The third-order valence-corrected chi connectivity index (χ3v) is 3.29. The number of imidazole rings is 1. The van der Waals surface area contributed by atoms with Gasteiger partial charge in [0, 0.05) is 5.56 Å². The summed E-state index contributed by atoms with van der Waals surface area (Å²) in [6.07, 6.45) is -2.39. The number of hydrogen-bond donors (Lipinski definition) is 1. The van der Waals surface area contributed by atoms with E-state index in [9.17, 15) is 13.2 Å². The number of benzene rings is 1. The van der Waals surface area contributed by atoms with Crippen LogP contribution in [0.2, 0.25) is 0 Å². The Hall–Kier alpha value is -2.64. The first kappa shape index (κ1) is 14.3. The van der Waals surface area contributed by atoms with Gasteiger partial charge in [-0.2, -0.15) is 13.2 Å². The van der Waals surface area contributed by atoms with E-state index in [4.69, 9.17) is 5.73 Å². The van der Waals surface area contributed by atoms with Crippen LogP contribution in [-0.2, 0) is 6.42 Å². The van der Waals surface area contributed by atoms with E-state index in [2.05, 4.69) is 15.2 Å². The zero-order chi connectivity index (χ0) is 15.9. The molecule has 0 atom stereocenters. The van der Waals surface area contributed by atoms with Crippen LogP contribution in [0.3, 0.4) is 0 Å². The van der Waals surface area contributed by atoms with Gasteiger partial charge in [-0.25, -0.2) is 4.98 Å². The average molecular weight is 307 g/mol. The monoisotopic (exact) mass is 307 g/mol. The number of hydrogen-bond acceptors (Lipinski definition) is 4. The van der Waals surface area contributed by atoms with Gasteiger partial charge in [-0.1, -0.05) is 23.8 Å². The predicted molar refractivity (Wildman–Crippen MR) is 75.1 cm³/mol. The summed E-state index contributed by atoms with van der Waals surface area (Å²) < 4.78 is 39.9. The van der Waals surface area contributed by atoms with Crippen molar-refractivity contribution in [2.45, 2.75) is 19.5 Å². The molecule has 0 bridgehead atoms. The van der Waals surface area contributed by atoms with Crippen molar-refractivity contribution in [3.8, 4) is 11.3 Å². The fraction of sp³-hybridized carbons (Fsp3) is 0.214. The molecule has 22 heavy (non-hydrogen) atoms. The zero-order valence-electron chi connectivity index (χ0n) is 11.6. The normalized spacial score (nSPS) is 12.0. The Labute approximate surface area is 123 Å². The minimum absolute atomic E-state index is 0.126. The van der Waals surface area contributed by atoms with Crippen LogP contribution >= 0.6 is 0 Å². The zero-order valence-corrected chi connectivity index (χ0v) is 11.6. The first-order valence-corrected chi connectivity index (χ1v) is 6.46. The summed E-state index contributed by atoms with van der Waals surface area (Å²) in [5.41, 5.74) is 7.79. The first-order valence-electron chi connectivity index (χ1n) is 6.46. The topological polar surface area (TPSA) is 69.1 Å².